The van der Waals surface area contributed by atoms with Crippen LogP contribution in [0.2, 0.25) is 0 Å². The summed E-state index contributed by atoms with van der Waals surface area (Å²) in [6.45, 7) is 6.65. The van der Waals surface area contributed by atoms with Crippen LogP contribution >= 0.6 is 0 Å². The van der Waals surface area contributed by atoms with Gasteiger partial charge in [-0.3, -0.25) is 9.59 Å². The molecule has 1 amide bonds. The van der Waals surface area contributed by atoms with E-state index >= 15 is 0 Å². The SMILES string of the molecule is CCOCCN(CCOCC)C(=O)C(N)CCC(=O)O. The lowest BCUT2D eigenvalue weighted by molar-refractivity contribution is -0.138. The molecule has 7 heteroatoms. The molecule has 0 saturated heterocycles. The van der Waals surface area contributed by atoms with Crippen LogP contribution in [0.3, 0.4) is 0 Å². The Hall–Kier alpha value is -1.18. The molecule has 0 radical (unpaired) electrons. The van der Waals surface area contributed by atoms with Gasteiger partial charge in [-0.1, -0.05) is 0 Å². The van der Waals surface area contributed by atoms with Gasteiger partial charge in [-0.25, -0.2) is 0 Å². The van der Waals surface area contributed by atoms with E-state index in [4.69, 9.17) is 20.3 Å². The number of hydrogen-bond acceptors (Lipinski definition) is 5. The summed E-state index contributed by atoms with van der Waals surface area (Å²) in [4.78, 5) is 24.2. The first-order chi connectivity index (χ1) is 9.52. The van der Waals surface area contributed by atoms with E-state index in [0.29, 0.717) is 39.5 Å². The second-order valence-corrected chi connectivity index (χ2v) is 4.26. The number of amides is 1. The molecule has 0 fully saturated rings. The molecule has 0 aliphatic heterocycles. The molecule has 0 aromatic carbocycles. The molecule has 0 aliphatic carbocycles. The van der Waals surface area contributed by atoms with E-state index in [0.717, 1.165) is 0 Å². The second-order valence-electron chi connectivity index (χ2n) is 4.26. The van der Waals surface area contributed by atoms with Crippen LogP contribution in [-0.4, -0.2) is 67.4 Å². The van der Waals surface area contributed by atoms with E-state index < -0.39 is 12.0 Å². The number of carboxylic acid groups (broad SMARTS) is 1. The molecule has 7 nitrogen and oxygen atoms in total. The number of hydrogen-bond donors (Lipinski definition) is 2. The Morgan fingerprint density at radius 1 is 1.15 bits per heavy atom. The van der Waals surface area contributed by atoms with E-state index in [2.05, 4.69) is 0 Å². The Morgan fingerprint density at radius 2 is 1.65 bits per heavy atom. The predicted octanol–water partition coefficient (Wildman–Crippen LogP) is 0.0801. The quantitative estimate of drug-likeness (QED) is 0.494. The lowest BCUT2D eigenvalue weighted by atomic mass is 10.1. The molecule has 1 atom stereocenters. The molecular weight excluding hydrogens is 264 g/mol. The van der Waals surface area contributed by atoms with Crippen LogP contribution in [0, 0.1) is 0 Å². The number of nitrogens with two attached hydrogens (primary N) is 1. The number of rotatable bonds is 12. The Morgan fingerprint density at radius 3 is 2.05 bits per heavy atom. The summed E-state index contributed by atoms with van der Waals surface area (Å²) in [7, 11) is 0. The van der Waals surface area contributed by atoms with Crippen LogP contribution in [0.15, 0.2) is 0 Å². The van der Waals surface area contributed by atoms with Crippen molar-refractivity contribution < 1.29 is 24.2 Å². The number of nitrogens with zero attached hydrogens (tertiary/aromatic N) is 1. The second kappa shape index (κ2) is 11.6. The van der Waals surface area contributed by atoms with Gasteiger partial charge in [0.1, 0.15) is 0 Å². The zero-order chi connectivity index (χ0) is 15.4. The molecule has 0 heterocycles. The van der Waals surface area contributed by atoms with Gasteiger partial charge in [-0.05, 0) is 20.3 Å². The number of carboxylic acids is 1. The van der Waals surface area contributed by atoms with Crippen LogP contribution in [0.4, 0.5) is 0 Å². The van der Waals surface area contributed by atoms with Crippen molar-refractivity contribution in [1.29, 1.82) is 0 Å². The maximum absolute atomic E-state index is 12.1. The van der Waals surface area contributed by atoms with Crippen LogP contribution in [0.25, 0.3) is 0 Å². The summed E-state index contributed by atoms with van der Waals surface area (Å²) in [5, 5.41) is 8.61. The predicted molar refractivity (Wildman–Crippen MR) is 74.4 cm³/mol. The normalized spacial score (nSPS) is 12.2. The first kappa shape index (κ1) is 18.8. The van der Waals surface area contributed by atoms with Gasteiger partial charge in [-0.15, -0.1) is 0 Å². The van der Waals surface area contributed by atoms with Crippen molar-refractivity contribution in [3.63, 3.8) is 0 Å². The number of aliphatic carboxylic acids is 1. The lowest BCUT2D eigenvalue weighted by Gasteiger charge is -2.25. The van der Waals surface area contributed by atoms with Gasteiger partial charge in [0.2, 0.25) is 5.91 Å². The monoisotopic (exact) mass is 290 g/mol. The first-order valence-corrected chi connectivity index (χ1v) is 6.94. The van der Waals surface area contributed by atoms with Gasteiger partial charge in [0.05, 0.1) is 19.3 Å². The minimum atomic E-state index is -0.955. The average Bonchev–Trinajstić information content (AvgIpc) is 2.42. The highest BCUT2D eigenvalue weighted by molar-refractivity contribution is 5.82. The first-order valence-electron chi connectivity index (χ1n) is 6.94. The highest BCUT2D eigenvalue weighted by Crippen LogP contribution is 2.01. The van der Waals surface area contributed by atoms with Crippen molar-refractivity contribution in [3.8, 4) is 0 Å². The van der Waals surface area contributed by atoms with E-state index in [-0.39, 0.29) is 18.7 Å². The molecule has 3 N–H and O–H groups in total. The molecule has 0 rings (SSSR count). The van der Waals surface area contributed by atoms with E-state index in [9.17, 15) is 9.59 Å². The molecule has 0 spiro atoms. The van der Waals surface area contributed by atoms with E-state index in [1.807, 2.05) is 13.8 Å². The van der Waals surface area contributed by atoms with Crippen LogP contribution < -0.4 is 5.73 Å². The summed E-state index contributed by atoms with van der Waals surface area (Å²) in [6.07, 6.45) is 0.0194. The van der Waals surface area contributed by atoms with Crippen molar-refractivity contribution in [2.45, 2.75) is 32.7 Å². The van der Waals surface area contributed by atoms with Crippen molar-refractivity contribution in [3.05, 3.63) is 0 Å². The number of carbonyl (C=O) groups is 2. The summed E-state index contributed by atoms with van der Waals surface area (Å²) in [6, 6.07) is -0.797. The Kier molecular flexibility index (Phi) is 10.9. The van der Waals surface area contributed by atoms with Crippen LogP contribution in [0.5, 0.6) is 0 Å². The molecule has 0 aliphatic rings. The zero-order valence-corrected chi connectivity index (χ0v) is 12.3. The summed E-state index contributed by atoms with van der Waals surface area (Å²) in [5.41, 5.74) is 5.74. The summed E-state index contributed by atoms with van der Waals surface area (Å²) in [5.74, 6) is -1.21. The van der Waals surface area contributed by atoms with Gasteiger partial charge in [0.15, 0.2) is 0 Å². The molecule has 0 aromatic heterocycles. The average molecular weight is 290 g/mol. The Bertz CT molecular complexity index is 276. The number of ether oxygens (including phenoxy) is 2. The molecule has 118 valence electrons. The van der Waals surface area contributed by atoms with Crippen molar-refractivity contribution in [2.24, 2.45) is 5.73 Å². The zero-order valence-electron chi connectivity index (χ0n) is 12.3. The molecular formula is C13H26N2O5. The smallest absolute Gasteiger partial charge is 0.303 e. The minimum Gasteiger partial charge on any atom is -0.481 e. The largest absolute Gasteiger partial charge is 0.481 e. The van der Waals surface area contributed by atoms with Gasteiger partial charge < -0.3 is 25.2 Å². The Labute approximate surface area is 120 Å². The van der Waals surface area contributed by atoms with Gasteiger partial charge in [0.25, 0.3) is 0 Å². The van der Waals surface area contributed by atoms with Gasteiger partial charge >= 0.3 is 5.97 Å². The fourth-order valence-corrected chi connectivity index (χ4v) is 1.61. The molecule has 1 unspecified atom stereocenters. The van der Waals surface area contributed by atoms with Crippen molar-refractivity contribution >= 4 is 11.9 Å². The molecule has 0 aromatic rings. The van der Waals surface area contributed by atoms with Crippen molar-refractivity contribution in [1.82, 2.24) is 4.90 Å². The third kappa shape index (κ3) is 8.84. The lowest BCUT2D eigenvalue weighted by Crippen LogP contribution is -2.46. The topological polar surface area (TPSA) is 102 Å². The Balaban J connectivity index is 4.31. The minimum absolute atomic E-state index is 0.113. The molecule has 0 saturated carbocycles. The summed E-state index contributed by atoms with van der Waals surface area (Å²) >= 11 is 0. The van der Waals surface area contributed by atoms with Crippen LogP contribution in [-0.2, 0) is 19.1 Å². The third-order valence-electron chi connectivity index (χ3n) is 2.72. The fraction of sp³-hybridized carbons (Fsp3) is 0.846. The van der Waals surface area contributed by atoms with E-state index in [1.165, 1.54) is 0 Å². The van der Waals surface area contributed by atoms with E-state index in [1.54, 1.807) is 4.90 Å². The number of carbonyl (C=O) groups excluding carboxylic acids is 1. The standard InChI is InChI=1S/C13H26N2O5/c1-3-19-9-7-15(8-10-20-4-2)13(18)11(14)5-6-12(16)17/h11H,3-10,14H2,1-2H3,(H,16,17). The molecule has 20 heavy (non-hydrogen) atoms. The van der Waals surface area contributed by atoms with Gasteiger partial charge in [0, 0.05) is 32.7 Å². The molecule has 0 bridgehead atoms. The fourth-order valence-electron chi connectivity index (χ4n) is 1.61. The van der Waals surface area contributed by atoms with Crippen LogP contribution in [0.1, 0.15) is 26.7 Å². The third-order valence-corrected chi connectivity index (χ3v) is 2.72. The van der Waals surface area contributed by atoms with Gasteiger partial charge in [-0.2, -0.15) is 0 Å². The summed E-state index contributed by atoms with van der Waals surface area (Å²) < 4.78 is 10.5. The maximum Gasteiger partial charge on any atom is 0.303 e. The maximum atomic E-state index is 12.1. The highest BCUT2D eigenvalue weighted by Gasteiger charge is 2.21. The van der Waals surface area contributed by atoms with Crippen molar-refractivity contribution in [2.75, 3.05) is 39.5 Å². The highest BCUT2D eigenvalue weighted by atomic mass is 16.5.